The van der Waals surface area contributed by atoms with Crippen molar-refractivity contribution in [3.05, 3.63) is 34.4 Å². The summed E-state index contributed by atoms with van der Waals surface area (Å²) in [5, 5.41) is 11.1. The molecule has 0 bridgehead atoms. The smallest absolute Gasteiger partial charge is 0.308 e. The number of esters is 1. The van der Waals surface area contributed by atoms with Gasteiger partial charge in [0.05, 0.1) is 30.2 Å². The SMILES string of the molecule is CC(C)(C)OC(=O)C[C@H]1C[C@@H](COS(=O)(=O)c2ccccc2[N+](=O)[O-])OC(C)(C)O1. The highest BCUT2D eigenvalue weighted by Gasteiger charge is 2.38. The summed E-state index contributed by atoms with van der Waals surface area (Å²) in [6.07, 6.45) is -1.11. The first-order chi connectivity index (χ1) is 13.7. The van der Waals surface area contributed by atoms with E-state index in [9.17, 15) is 23.3 Å². The minimum atomic E-state index is -4.39. The van der Waals surface area contributed by atoms with Crippen molar-refractivity contribution >= 4 is 21.8 Å². The Kier molecular flexibility index (Phi) is 7.23. The third kappa shape index (κ3) is 7.01. The Morgan fingerprint density at radius 2 is 1.83 bits per heavy atom. The van der Waals surface area contributed by atoms with Crippen molar-refractivity contribution in [1.29, 1.82) is 0 Å². The molecular formula is C19H27NO9S. The van der Waals surface area contributed by atoms with Crippen LogP contribution >= 0.6 is 0 Å². The van der Waals surface area contributed by atoms with Crippen LogP contribution in [0, 0.1) is 10.1 Å². The van der Waals surface area contributed by atoms with Crippen LogP contribution in [0.3, 0.4) is 0 Å². The predicted octanol–water partition coefficient (Wildman–Crippen LogP) is 2.94. The number of carbonyl (C=O) groups excluding carboxylic acids is 1. The van der Waals surface area contributed by atoms with E-state index in [0.717, 1.165) is 12.1 Å². The van der Waals surface area contributed by atoms with E-state index in [1.165, 1.54) is 12.1 Å². The molecule has 168 valence electrons. The molecule has 2 atom stereocenters. The van der Waals surface area contributed by atoms with E-state index in [0.29, 0.717) is 0 Å². The van der Waals surface area contributed by atoms with Gasteiger partial charge in [-0.1, -0.05) is 12.1 Å². The molecule has 0 spiro atoms. The van der Waals surface area contributed by atoms with Gasteiger partial charge in [-0.25, -0.2) is 0 Å². The van der Waals surface area contributed by atoms with Gasteiger partial charge in [0.15, 0.2) is 10.7 Å². The number of benzene rings is 1. The highest BCUT2D eigenvalue weighted by Crippen LogP contribution is 2.30. The Hall–Kier alpha value is -2.08. The number of ether oxygens (including phenoxy) is 3. The molecular weight excluding hydrogens is 418 g/mol. The summed E-state index contributed by atoms with van der Waals surface area (Å²) in [5.74, 6) is -1.53. The first-order valence-electron chi connectivity index (χ1n) is 9.39. The van der Waals surface area contributed by atoms with Gasteiger partial charge in [-0.2, -0.15) is 8.42 Å². The summed E-state index contributed by atoms with van der Waals surface area (Å²) in [4.78, 5) is 21.9. The third-order valence-corrected chi connectivity index (χ3v) is 5.31. The Labute approximate surface area is 175 Å². The van der Waals surface area contributed by atoms with Gasteiger partial charge < -0.3 is 14.2 Å². The molecule has 30 heavy (non-hydrogen) atoms. The molecule has 0 saturated carbocycles. The average molecular weight is 445 g/mol. The van der Waals surface area contributed by atoms with Gasteiger partial charge in [-0.3, -0.25) is 19.1 Å². The number of nitro benzene ring substituents is 1. The summed E-state index contributed by atoms with van der Waals surface area (Å²) < 4.78 is 46.8. The number of nitro groups is 1. The average Bonchev–Trinajstić information content (AvgIpc) is 2.57. The van der Waals surface area contributed by atoms with Crippen molar-refractivity contribution in [2.24, 2.45) is 0 Å². The van der Waals surface area contributed by atoms with Gasteiger partial charge in [-0.15, -0.1) is 0 Å². The Bertz CT molecular complexity index is 890. The number of carbonyl (C=O) groups is 1. The van der Waals surface area contributed by atoms with E-state index in [1.807, 2.05) is 0 Å². The lowest BCUT2D eigenvalue weighted by atomic mass is 10.1. The molecule has 10 nitrogen and oxygen atoms in total. The summed E-state index contributed by atoms with van der Waals surface area (Å²) >= 11 is 0. The monoisotopic (exact) mass is 445 g/mol. The lowest BCUT2D eigenvalue weighted by Crippen LogP contribution is -2.47. The van der Waals surface area contributed by atoms with Crippen LogP contribution in [-0.4, -0.2) is 49.5 Å². The zero-order chi connectivity index (χ0) is 22.7. The van der Waals surface area contributed by atoms with Crippen molar-refractivity contribution in [3.63, 3.8) is 0 Å². The van der Waals surface area contributed by atoms with Gasteiger partial charge in [0.2, 0.25) is 0 Å². The van der Waals surface area contributed by atoms with E-state index in [2.05, 4.69) is 0 Å². The van der Waals surface area contributed by atoms with Crippen molar-refractivity contribution < 1.29 is 36.5 Å². The van der Waals surface area contributed by atoms with Crippen molar-refractivity contribution in [2.75, 3.05) is 6.61 Å². The maximum atomic E-state index is 12.5. The normalized spacial score (nSPS) is 21.8. The van der Waals surface area contributed by atoms with Crippen molar-refractivity contribution in [2.45, 2.75) is 76.0 Å². The number of hydrogen-bond donors (Lipinski definition) is 0. The van der Waals surface area contributed by atoms with Crippen LogP contribution in [-0.2, 0) is 33.3 Å². The minimum Gasteiger partial charge on any atom is -0.460 e. The van der Waals surface area contributed by atoms with E-state index in [4.69, 9.17) is 18.4 Å². The van der Waals surface area contributed by atoms with E-state index < -0.39 is 55.2 Å². The molecule has 0 unspecified atom stereocenters. The molecule has 0 aromatic heterocycles. The zero-order valence-corrected chi connectivity index (χ0v) is 18.4. The molecule has 11 heteroatoms. The molecule has 1 aromatic rings. The standard InChI is InChI=1S/C19H27NO9S/c1-18(2,3)29-17(21)11-13-10-14(28-19(4,5)27-13)12-26-30(24,25)16-9-7-6-8-15(16)20(22)23/h6-9,13-14H,10-12H2,1-5H3/t13-,14+/m1/s1. The summed E-state index contributed by atoms with van der Waals surface area (Å²) in [5.41, 5.74) is -1.22. The summed E-state index contributed by atoms with van der Waals surface area (Å²) in [7, 11) is -4.39. The molecule has 1 saturated heterocycles. The van der Waals surface area contributed by atoms with Crippen LogP contribution in [0.25, 0.3) is 0 Å². The molecule has 1 fully saturated rings. The maximum absolute atomic E-state index is 12.5. The van der Waals surface area contributed by atoms with E-state index in [1.54, 1.807) is 34.6 Å². The quantitative estimate of drug-likeness (QED) is 0.269. The second-order valence-electron chi connectivity index (χ2n) is 8.37. The van der Waals surface area contributed by atoms with Gasteiger partial charge in [0.25, 0.3) is 5.69 Å². The van der Waals surface area contributed by atoms with E-state index >= 15 is 0 Å². The van der Waals surface area contributed by atoms with Crippen LogP contribution in [0.1, 0.15) is 47.5 Å². The first kappa shape index (κ1) is 24.2. The molecule has 0 radical (unpaired) electrons. The number of rotatable bonds is 7. The lowest BCUT2D eigenvalue weighted by molar-refractivity contribution is -0.387. The van der Waals surface area contributed by atoms with Gasteiger partial charge in [0.1, 0.15) is 5.60 Å². The van der Waals surface area contributed by atoms with Gasteiger partial charge in [-0.05, 0) is 40.7 Å². The molecule has 2 rings (SSSR count). The second-order valence-corrected chi connectivity index (χ2v) is 9.95. The highest BCUT2D eigenvalue weighted by molar-refractivity contribution is 7.87. The molecule has 0 aliphatic carbocycles. The van der Waals surface area contributed by atoms with Gasteiger partial charge in [0, 0.05) is 12.5 Å². The summed E-state index contributed by atoms with van der Waals surface area (Å²) in [6, 6.07) is 4.92. The second kappa shape index (κ2) is 8.96. The molecule has 1 aliphatic heterocycles. The third-order valence-electron chi connectivity index (χ3n) is 3.98. The predicted molar refractivity (Wildman–Crippen MR) is 105 cm³/mol. The van der Waals surface area contributed by atoms with Crippen LogP contribution in [0.2, 0.25) is 0 Å². The number of hydrogen-bond acceptors (Lipinski definition) is 9. The van der Waals surface area contributed by atoms with Crippen molar-refractivity contribution in [1.82, 2.24) is 0 Å². The summed E-state index contributed by atoms with van der Waals surface area (Å²) in [6.45, 7) is 8.15. The Balaban J connectivity index is 2.07. The topological polar surface area (TPSA) is 131 Å². The van der Waals surface area contributed by atoms with Crippen molar-refractivity contribution in [3.8, 4) is 0 Å². The molecule has 1 aliphatic rings. The fourth-order valence-electron chi connectivity index (χ4n) is 3.06. The molecule has 1 heterocycles. The fourth-order valence-corrected chi connectivity index (χ4v) is 4.17. The van der Waals surface area contributed by atoms with E-state index in [-0.39, 0.29) is 19.4 Å². The minimum absolute atomic E-state index is 0.0303. The Morgan fingerprint density at radius 3 is 2.43 bits per heavy atom. The van der Waals surface area contributed by atoms with Gasteiger partial charge >= 0.3 is 16.1 Å². The maximum Gasteiger partial charge on any atom is 0.308 e. The largest absolute Gasteiger partial charge is 0.460 e. The molecule has 0 amide bonds. The highest BCUT2D eigenvalue weighted by atomic mass is 32.2. The zero-order valence-electron chi connectivity index (χ0n) is 17.6. The molecule has 0 N–H and O–H groups in total. The van der Waals surface area contributed by atoms with Crippen LogP contribution in [0.4, 0.5) is 5.69 Å². The fraction of sp³-hybridized carbons (Fsp3) is 0.632. The number of para-hydroxylation sites is 1. The first-order valence-corrected chi connectivity index (χ1v) is 10.8. The lowest BCUT2D eigenvalue weighted by Gasteiger charge is -2.40. The number of nitrogens with zero attached hydrogens (tertiary/aromatic N) is 1. The Morgan fingerprint density at radius 1 is 1.23 bits per heavy atom. The van der Waals surface area contributed by atoms with Crippen LogP contribution < -0.4 is 0 Å². The van der Waals surface area contributed by atoms with Crippen LogP contribution in [0.5, 0.6) is 0 Å². The van der Waals surface area contributed by atoms with Crippen LogP contribution in [0.15, 0.2) is 29.2 Å². The molecule has 1 aromatic carbocycles.